The van der Waals surface area contributed by atoms with E-state index in [2.05, 4.69) is 25.7 Å². The number of nitrogens with zero attached hydrogens (tertiary/aromatic N) is 1. The summed E-state index contributed by atoms with van der Waals surface area (Å²) < 4.78 is 69.6. The average Bonchev–Trinajstić information content (AvgIpc) is 2.25. The molecule has 0 N–H and O–H groups in total. The number of aromatic nitrogens is 1. The maximum absolute atomic E-state index is 12.7. The van der Waals surface area contributed by atoms with Gasteiger partial charge < -0.3 is 9.47 Å². The highest BCUT2D eigenvalue weighted by atomic mass is 79.9. The minimum atomic E-state index is -5.00. The van der Waals surface area contributed by atoms with Gasteiger partial charge in [0.05, 0.1) is 18.4 Å². The van der Waals surface area contributed by atoms with Crippen LogP contribution in [0.5, 0.6) is 11.6 Å². The molecule has 0 aliphatic carbocycles. The maximum Gasteiger partial charge on any atom is 0.574 e. The topological polar surface area (TPSA) is 31.4 Å². The lowest BCUT2D eigenvalue weighted by Crippen LogP contribution is -2.18. The molecule has 0 aliphatic heterocycles. The van der Waals surface area contributed by atoms with Crippen molar-refractivity contribution < 1.29 is 31.4 Å². The molecule has 0 unspecified atom stereocenters. The lowest BCUT2D eigenvalue weighted by Gasteiger charge is -2.14. The van der Waals surface area contributed by atoms with Gasteiger partial charge in [-0.15, -0.1) is 13.2 Å². The summed E-state index contributed by atoms with van der Waals surface area (Å²) in [5.41, 5.74) is -0.809. The summed E-state index contributed by atoms with van der Waals surface area (Å²) in [7, 11) is 1.12. The summed E-state index contributed by atoms with van der Waals surface area (Å²) in [5.74, 6) is -1.22. The van der Waals surface area contributed by atoms with Crippen molar-refractivity contribution in [1.29, 1.82) is 0 Å². The molecule has 0 radical (unpaired) electrons. The first-order valence-corrected chi connectivity index (χ1v) is 5.58. The van der Waals surface area contributed by atoms with E-state index in [9.17, 15) is 22.0 Å². The molecular weight excluding hydrogens is 329 g/mol. The standard InChI is InChI=1S/C9H7BrF5NO2/c1-17-7-4(8(11)12)2-6(16-5(7)3-10)18-9(13,14)15/h2,8H,3H2,1H3. The minimum Gasteiger partial charge on any atom is -0.494 e. The van der Waals surface area contributed by atoms with Crippen LogP contribution in [0, 0.1) is 0 Å². The van der Waals surface area contributed by atoms with E-state index < -0.39 is 24.2 Å². The van der Waals surface area contributed by atoms with Gasteiger partial charge >= 0.3 is 6.36 Å². The van der Waals surface area contributed by atoms with Crippen molar-refractivity contribution in [3.63, 3.8) is 0 Å². The lowest BCUT2D eigenvalue weighted by atomic mass is 10.2. The van der Waals surface area contributed by atoms with Gasteiger partial charge in [-0.05, 0) is 0 Å². The van der Waals surface area contributed by atoms with Crippen molar-refractivity contribution in [2.24, 2.45) is 0 Å². The highest BCUT2D eigenvalue weighted by Gasteiger charge is 2.33. The normalized spacial score (nSPS) is 11.8. The van der Waals surface area contributed by atoms with Crippen LogP contribution in [0.2, 0.25) is 0 Å². The molecule has 1 aromatic rings. The number of halogens is 6. The summed E-state index contributed by atoms with van der Waals surface area (Å²) in [6.45, 7) is 0. The molecular formula is C9H7BrF5NO2. The van der Waals surface area contributed by atoms with E-state index in [1.54, 1.807) is 0 Å². The fourth-order valence-electron chi connectivity index (χ4n) is 1.24. The average molecular weight is 336 g/mol. The van der Waals surface area contributed by atoms with Crippen LogP contribution in [0.3, 0.4) is 0 Å². The van der Waals surface area contributed by atoms with Crippen molar-refractivity contribution in [3.05, 3.63) is 17.3 Å². The van der Waals surface area contributed by atoms with Crippen LogP contribution in [0.4, 0.5) is 22.0 Å². The second kappa shape index (κ2) is 5.68. The monoisotopic (exact) mass is 335 g/mol. The van der Waals surface area contributed by atoms with Gasteiger partial charge in [0.15, 0.2) is 0 Å². The van der Waals surface area contributed by atoms with Gasteiger partial charge in [-0.3, -0.25) is 0 Å². The zero-order chi connectivity index (χ0) is 13.9. The Kier molecular flexibility index (Phi) is 4.71. The largest absolute Gasteiger partial charge is 0.574 e. The Hall–Kier alpha value is -1.12. The SMILES string of the molecule is COc1c(C(F)F)cc(OC(F)(F)F)nc1CBr. The quantitative estimate of drug-likeness (QED) is 0.619. The summed E-state index contributed by atoms with van der Waals surface area (Å²) >= 11 is 2.92. The zero-order valence-corrected chi connectivity index (χ0v) is 10.5. The molecule has 0 saturated carbocycles. The van der Waals surface area contributed by atoms with Crippen LogP contribution in [0.25, 0.3) is 0 Å². The molecule has 18 heavy (non-hydrogen) atoms. The van der Waals surface area contributed by atoms with Crippen LogP contribution in [0.1, 0.15) is 17.7 Å². The van der Waals surface area contributed by atoms with E-state index in [4.69, 9.17) is 4.74 Å². The molecule has 0 bridgehead atoms. The predicted octanol–water partition coefficient (Wildman–Crippen LogP) is 3.82. The Morgan fingerprint density at radius 3 is 2.39 bits per heavy atom. The fraction of sp³-hybridized carbons (Fsp3) is 0.444. The van der Waals surface area contributed by atoms with E-state index in [0.29, 0.717) is 6.07 Å². The molecule has 1 heterocycles. The first kappa shape index (κ1) is 14.9. The third kappa shape index (κ3) is 3.69. The second-order valence-electron chi connectivity index (χ2n) is 3.01. The molecule has 9 heteroatoms. The lowest BCUT2D eigenvalue weighted by molar-refractivity contribution is -0.276. The van der Waals surface area contributed by atoms with Crippen molar-refractivity contribution in [2.75, 3.05) is 7.11 Å². The number of alkyl halides is 6. The summed E-state index contributed by atoms with van der Waals surface area (Å²) in [4.78, 5) is 3.44. The fourth-order valence-corrected chi connectivity index (χ4v) is 1.62. The third-order valence-electron chi connectivity index (χ3n) is 1.83. The molecule has 0 fully saturated rings. The van der Waals surface area contributed by atoms with E-state index in [-0.39, 0.29) is 16.8 Å². The molecule has 0 atom stereocenters. The Morgan fingerprint density at radius 1 is 1.39 bits per heavy atom. The highest BCUT2D eigenvalue weighted by molar-refractivity contribution is 9.08. The Morgan fingerprint density at radius 2 is 2.00 bits per heavy atom. The predicted molar refractivity (Wildman–Crippen MR) is 55.1 cm³/mol. The van der Waals surface area contributed by atoms with E-state index in [1.165, 1.54) is 0 Å². The van der Waals surface area contributed by atoms with Gasteiger partial charge in [-0.2, -0.15) is 0 Å². The van der Waals surface area contributed by atoms with Crippen molar-refractivity contribution in [3.8, 4) is 11.6 Å². The molecule has 1 aromatic heterocycles. The molecule has 0 aromatic carbocycles. The molecule has 0 saturated heterocycles. The van der Waals surface area contributed by atoms with Gasteiger partial charge in [-0.25, -0.2) is 13.8 Å². The number of hydrogen-bond donors (Lipinski definition) is 0. The Bertz CT molecular complexity index is 424. The number of rotatable bonds is 4. The molecule has 0 aliphatic rings. The molecule has 3 nitrogen and oxygen atoms in total. The van der Waals surface area contributed by atoms with E-state index in [1.807, 2.05) is 0 Å². The second-order valence-corrected chi connectivity index (χ2v) is 3.57. The van der Waals surface area contributed by atoms with Crippen molar-refractivity contribution >= 4 is 15.9 Å². The van der Waals surface area contributed by atoms with E-state index >= 15 is 0 Å². The third-order valence-corrected chi connectivity index (χ3v) is 2.37. The number of hydrogen-bond acceptors (Lipinski definition) is 3. The smallest absolute Gasteiger partial charge is 0.494 e. The Labute approximate surface area is 107 Å². The van der Waals surface area contributed by atoms with Crippen molar-refractivity contribution in [2.45, 2.75) is 18.1 Å². The van der Waals surface area contributed by atoms with Crippen LogP contribution in [0.15, 0.2) is 6.07 Å². The summed E-state index contributed by atoms with van der Waals surface area (Å²) in [6.07, 6.45) is -8.00. The number of pyridine rings is 1. The van der Waals surface area contributed by atoms with Gasteiger partial charge in [0, 0.05) is 11.4 Å². The molecule has 102 valence electrons. The van der Waals surface area contributed by atoms with Gasteiger partial charge in [-0.1, -0.05) is 15.9 Å². The van der Waals surface area contributed by atoms with Crippen molar-refractivity contribution in [1.82, 2.24) is 4.98 Å². The van der Waals surface area contributed by atoms with Crippen LogP contribution < -0.4 is 9.47 Å². The molecule has 0 spiro atoms. The maximum atomic E-state index is 12.7. The molecule has 1 rings (SSSR count). The van der Waals surface area contributed by atoms with Crippen LogP contribution in [-0.2, 0) is 5.33 Å². The summed E-state index contributed by atoms with van der Waals surface area (Å²) in [5, 5.41) is -0.0506. The van der Waals surface area contributed by atoms with Gasteiger partial charge in [0.1, 0.15) is 5.75 Å². The van der Waals surface area contributed by atoms with Gasteiger partial charge in [0.25, 0.3) is 6.43 Å². The van der Waals surface area contributed by atoms with Crippen LogP contribution >= 0.6 is 15.9 Å². The highest BCUT2D eigenvalue weighted by Crippen LogP contribution is 2.36. The first-order chi connectivity index (χ1) is 8.28. The Balaban J connectivity index is 3.27. The number of methoxy groups -OCH3 is 1. The number of ether oxygens (including phenoxy) is 2. The first-order valence-electron chi connectivity index (χ1n) is 4.46. The van der Waals surface area contributed by atoms with Crippen LogP contribution in [-0.4, -0.2) is 18.5 Å². The zero-order valence-electron chi connectivity index (χ0n) is 8.89. The van der Waals surface area contributed by atoms with E-state index in [0.717, 1.165) is 7.11 Å². The molecule has 0 amide bonds. The summed E-state index contributed by atoms with van der Waals surface area (Å²) in [6, 6.07) is 0.503. The minimum absolute atomic E-state index is 0.0506. The van der Waals surface area contributed by atoms with Gasteiger partial charge in [0.2, 0.25) is 5.88 Å².